The van der Waals surface area contributed by atoms with Crippen LogP contribution in [0.3, 0.4) is 0 Å². The summed E-state index contributed by atoms with van der Waals surface area (Å²) in [5, 5.41) is 2.47. The Balaban J connectivity index is 1.43. The summed E-state index contributed by atoms with van der Waals surface area (Å²) in [4.78, 5) is 2.74. The molecule has 1 aliphatic carbocycles. The molecule has 0 amide bonds. The normalized spacial score (nSPS) is 22.3. The van der Waals surface area contributed by atoms with Crippen molar-refractivity contribution in [3.63, 3.8) is 0 Å². The molecule has 0 aromatic heterocycles. The molecule has 0 spiro atoms. The van der Waals surface area contributed by atoms with E-state index in [-0.39, 0.29) is 0 Å². The van der Waals surface area contributed by atoms with Crippen LogP contribution in [0, 0.1) is 5.92 Å². The Labute approximate surface area is 161 Å². The van der Waals surface area contributed by atoms with Crippen LogP contribution in [0.4, 0.5) is 0 Å². The molecule has 1 fully saturated rings. The summed E-state index contributed by atoms with van der Waals surface area (Å²) in [5.41, 5.74) is 4.55. The van der Waals surface area contributed by atoms with Gasteiger partial charge in [0.15, 0.2) is 0 Å². The second-order valence-corrected chi connectivity index (χ2v) is 8.22. The minimum absolute atomic E-state index is 0.663. The molecule has 2 heteroatoms. The monoisotopic (exact) mass is 357 g/mol. The fraction of sp³-hybridized carbons (Fsp3) is 0.360. The summed E-state index contributed by atoms with van der Waals surface area (Å²) in [6, 6.07) is 22.9. The Morgan fingerprint density at radius 2 is 1.78 bits per heavy atom. The number of hydrogen-bond acceptors (Lipinski definition) is 2. The topological polar surface area (TPSA) is 12.5 Å². The van der Waals surface area contributed by atoms with Crippen LogP contribution < -0.4 is 4.74 Å². The molecule has 3 aliphatic rings. The molecule has 6 rings (SSSR count). The maximum Gasteiger partial charge on any atom is 0.126 e. The Hall–Kier alpha value is -2.32. The third-order valence-electron chi connectivity index (χ3n) is 6.51. The van der Waals surface area contributed by atoms with Crippen molar-refractivity contribution >= 4 is 10.8 Å². The van der Waals surface area contributed by atoms with Crippen molar-refractivity contribution in [2.45, 2.75) is 38.3 Å². The molecular weight excluding hydrogens is 330 g/mol. The van der Waals surface area contributed by atoms with Crippen LogP contribution in [0.1, 0.15) is 29.5 Å². The van der Waals surface area contributed by atoms with Crippen LogP contribution in [-0.2, 0) is 19.4 Å². The van der Waals surface area contributed by atoms with Gasteiger partial charge in [0.1, 0.15) is 5.75 Å². The largest absolute Gasteiger partial charge is 0.496 e. The molecule has 2 atom stereocenters. The van der Waals surface area contributed by atoms with Gasteiger partial charge >= 0.3 is 0 Å². The zero-order chi connectivity index (χ0) is 18.2. The van der Waals surface area contributed by atoms with Gasteiger partial charge in [-0.15, -0.1) is 0 Å². The van der Waals surface area contributed by atoms with E-state index in [2.05, 4.69) is 65.6 Å². The predicted octanol–water partition coefficient (Wildman–Crippen LogP) is 5.23. The molecule has 27 heavy (non-hydrogen) atoms. The molecule has 2 heterocycles. The van der Waals surface area contributed by atoms with Gasteiger partial charge in [-0.1, -0.05) is 48.5 Å². The molecule has 138 valence electrons. The zero-order valence-electron chi connectivity index (χ0n) is 16.0. The van der Waals surface area contributed by atoms with E-state index in [0.29, 0.717) is 6.04 Å². The number of piperidine rings is 1. The standard InChI is InChI=1S/C25H27NO/c1-27-25-8-4-7-20-11-9-19(14-24(20)25)17-26-16-18-10-12-23(26)15-22-6-3-2-5-21(22)13-18/h2-9,11,14,18,23H,10,12-13,15-17H2,1H3/t18-,23+/m1/s1. The van der Waals surface area contributed by atoms with Gasteiger partial charge in [0, 0.05) is 24.5 Å². The van der Waals surface area contributed by atoms with E-state index in [1.165, 1.54) is 48.6 Å². The summed E-state index contributed by atoms with van der Waals surface area (Å²) >= 11 is 0. The maximum absolute atomic E-state index is 5.58. The first kappa shape index (κ1) is 16.8. The Morgan fingerprint density at radius 1 is 0.926 bits per heavy atom. The molecule has 0 N–H and O–H groups in total. The van der Waals surface area contributed by atoms with Gasteiger partial charge in [-0.3, -0.25) is 4.90 Å². The smallest absolute Gasteiger partial charge is 0.126 e. The van der Waals surface area contributed by atoms with Gasteiger partial charge in [0.25, 0.3) is 0 Å². The van der Waals surface area contributed by atoms with E-state index in [1.54, 1.807) is 18.2 Å². The van der Waals surface area contributed by atoms with E-state index in [4.69, 9.17) is 4.74 Å². The molecular formula is C25H27NO. The number of hydrogen-bond donors (Lipinski definition) is 0. The zero-order valence-corrected chi connectivity index (χ0v) is 16.0. The number of benzene rings is 3. The highest BCUT2D eigenvalue weighted by atomic mass is 16.5. The minimum Gasteiger partial charge on any atom is -0.496 e. The van der Waals surface area contributed by atoms with Gasteiger partial charge in [0.05, 0.1) is 7.11 Å². The first-order valence-corrected chi connectivity index (χ1v) is 10.2. The van der Waals surface area contributed by atoms with Crippen molar-refractivity contribution in [2.24, 2.45) is 5.92 Å². The number of fused-ring (bicyclic) bond motifs is 3. The second-order valence-electron chi connectivity index (χ2n) is 8.22. The fourth-order valence-electron chi connectivity index (χ4n) is 5.10. The highest BCUT2D eigenvalue weighted by molar-refractivity contribution is 5.88. The van der Waals surface area contributed by atoms with E-state index in [0.717, 1.165) is 18.2 Å². The fourth-order valence-corrected chi connectivity index (χ4v) is 5.10. The van der Waals surface area contributed by atoms with Gasteiger partial charge < -0.3 is 4.74 Å². The number of methoxy groups -OCH3 is 1. The SMILES string of the molecule is COc1cccc2ccc(CN3C[C@@H]4CC[C@H]3Cc3ccccc3C4)cc12. The molecule has 2 bridgehead atoms. The van der Waals surface area contributed by atoms with Crippen LogP contribution in [0.2, 0.25) is 0 Å². The van der Waals surface area contributed by atoms with Crippen LogP contribution in [0.25, 0.3) is 10.8 Å². The van der Waals surface area contributed by atoms with Crippen molar-refractivity contribution < 1.29 is 4.74 Å². The number of rotatable bonds is 3. The summed E-state index contributed by atoms with van der Waals surface area (Å²) in [5.74, 6) is 1.76. The van der Waals surface area contributed by atoms with Gasteiger partial charge in [-0.2, -0.15) is 0 Å². The van der Waals surface area contributed by atoms with Crippen molar-refractivity contribution in [3.8, 4) is 5.75 Å². The molecule has 0 radical (unpaired) electrons. The van der Waals surface area contributed by atoms with Crippen LogP contribution >= 0.6 is 0 Å². The van der Waals surface area contributed by atoms with Crippen LogP contribution in [-0.4, -0.2) is 24.6 Å². The average Bonchev–Trinajstić information content (AvgIpc) is 2.68. The molecule has 3 aromatic rings. The molecule has 2 nitrogen and oxygen atoms in total. The molecule has 2 aliphatic heterocycles. The third kappa shape index (κ3) is 3.23. The minimum atomic E-state index is 0.663. The van der Waals surface area contributed by atoms with Crippen molar-refractivity contribution in [1.82, 2.24) is 4.90 Å². The van der Waals surface area contributed by atoms with Gasteiger partial charge in [0.2, 0.25) is 0 Å². The highest BCUT2D eigenvalue weighted by Crippen LogP contribution is 2.34. The van der Waals surface area contributed by atoms with Crippen LogP contribution in [0.15, 0.2) is 60.7 Å². The summed E-state index contributed by atoms with van der Waals surface area (Å²) in [6.45, 7) is 2.26. The average molecular weight is 357 g/mol. The summed E-state index contributed by atoms with van der Waals surface area (Å²) < 4.78 is 5.58. The number of ether oxygens (including phenoxy) is 1. The first-order valence-electron chi connectivity index (χ1n) is 10.2. The van der Waals surface area contributed by atoms with Crippen molar-refractivity contribution in [2.75, 3.05) is 13.7 Å². The lowest BCUT2D eigenvalue weighted by Gasteiger charge is -2.42. The Bertz CT molecular complexity index is 963. The number of nitrogens with zero attached hydrogens (tertiary/aromatic N) is 1. The van der Waals surface area contributed by atoms with E-state index >= 15 is 0 Å². The van der Waals surface area contributed by atoms with Crippen molar-refractivity contribution in [1.29, 1.82) is 0 Å². The summed E-state index contributed by atoms with van der Waals surface area (Å²) in [7, 11) is 1.76. The molecule has 0 saturated carbocycles. The summed E-state index contributed by atoms with van der Waals surface area (Å²) in [6.07, 6.45) is 5.14. The lowest BCUT2D eigenvalue weighted by Crippen LogP contribution is -2.46. The van der Waals surface area contributed by atoms with E-state index in [1.807, 2.05) is 0 Å². The second kappa shape index (κ2) is 7.01. The molecule has 1 saturated heterocycles. The van der Waals surface area contributed by atoms with E-state index in [9.17, 15) is 0 Å². The Kier molecular flexibility index (Phi) is 4.37. The van der Waals surface area contributed by atoms with Gasteiger partial charge in [-0.05, 0) is 65.8 Å². The maximum atomic E-state index is 5.58. The Morgan fingerprint density at radius 3 is 2.63 bits per heavy atom. The third-order valence-corrected chi connectivity index (χ3v) is 6.51. The van der Waals surface area contributed by atoms with Gasteiger partial charge in [-0.25, -0.2) is 0 Å². The lowest BCUT2D eigenvalue weighted by atomic mass is 9.80. The predicted molar refractivity (Wildman–Crippen MR) is 111 cm³/mol. The van der Waals surface area contributed by atoms with Crippen LogP contribution in [0.5, 0.6) is 5.75 Å². The quantitative estimate of drug-likeness (QED) is 0.636. The van der Waals surface area contributed by atoms with E-state index < -0.39 is 0 Å². The highest BCUT2D eigenvalue weighted by Gasteiger charge is 2.31. The molecule has 3 aromatic carbocycles. The first-order chi connectivity index (χ1) is 13.3. The lowest BCUT2D eigenvalue weighted by molar-refractivity contribution is 0.0938. The van der Waals surface area contributed by atoms with Crippen molar-refractivity contribution in [3.05, 3.63) is 77.4 Å². The molecule has 0 unspecified atom stereocenters.